The standard InChI is InChI=1S/C47H61N11O13S/c1-22-37(40(50)57-41(53-22)26-7-8-32-25(14-26)10-11-47(32,3)4)43(63)56-34(19-52-72(51,68)69)45(65)58(5)38-27-15-31(39(61)36(16-27)71-21-29(60)18-49)30-12-24(6-9-35(30)70-20-28(59)17-48)13-33(46(66)67)55-42(62)23(2)54-44(38)64/h6-9,12,14-16,23,28-29,33-34,38,52,59-61H,10-11,13,17-21,48-49H2,1-5H3,(H,54,64)(H,55,62)(H,56,63)(H,66,67)(H2,50,53,57)(H2,51,68,69)/t23-,28?,29?,33-,34?,38-/m0/s1. The van der Waals surface area contributed by atoms with Crippen LogP contribution in [0.4, 0.5) is 5.82 Å². The number of rotatable bonds is 17. The van der Waals surface area contributed by atoms with Crippen molar-refractivity contribution < 1.29 is 62.3 Å². The van der Waals surface area contributed by atoms with E-state index in [1.165, 1.54) is 43.7 Å². The van der Waals surface area contributed by atoms with Gasteiger partial charge in [0, 0.05) is 49.8 Å². The third-order valence-electron chi connectivity index (χ3n) is 12.5. The van der Waals surface area contributed by atoms with Gasteiger partial charge in [0.05, 0.1) is 5.69 Å². The van der Waals surface area contributed by atoms with Crippen molar-refractivity contribution in [3.05, 3.63) is 82.0 Å². The number of aromatic nitrogens is 2. The smallest absolute Gasteiger partial charge is 0.326 e. The van der Waals surface area contributed by atoms with Gasteiger partial charge in [-0.1, -0.05) is 32.0 Å². The molecule has 25 heteroatoms. The highest BCUT2D eigenvalue weighted by Crippen LogP contribution is 2.45. The van der Waals surface area contributed by atoms with E-state index < -0.39 is 95.1 Å². The van der Waals surface area contributed by atoms with Crippen LogP contribution in [0.3, 0.4) is 0 Å². The topological polar surface area (TPSA) is 400 Å². The van der Waals surface area contributed by atoms with Crippen LogP contribution in [0.25, 0.3) is 22.5 Å². The van der Waals surface area contributed by atoms with Gasteiger partial charge in [-0.15, -0.1) is 0 Å². The predicted octanol–water partition coefficient (Wildman–Crippen LogP) is -1.25. The third-order valence-corrected chi connectivity index (χ3v) is 13.1. The minimum atomic E-state index is -4.54. The molecule has 4 aromatic rings. The van der Waals surface area contributed by atoms with Crippen molar-refractivity contribution in [2.24, 2.45) is 16.6 Å². The molecule has 1 aliphatic carbocycles. The Morgan fingerprint density at radius 2 is 1.61 bits per heavy atom. The molecule has 3 unspecified atom stereocenters. The Hall–Kier alpha value is -7.00. The van der Waals surface area contributed by atoms with Crippen LogP contribution in [0, 0.1) is 6.92 Å². The van der Waals surface area contributed by atoms with Gasteiger partial charge >= 0.3 is 5.97 Å². The number of hydrogen-bond acceptors (Lipinski definition) is 17. The highest BCUT2D eigenvalue weighted by atomic mass is 32.2. The molecule has 1 aromatic heterocycles. The Kier molecular flexibility index (Phi) is 16.7. The number of carbonyl (C=O) groups is 5. The quantitative estimate of drug-likeness (QED) is 0.0588. The van der Waals surface area contributed by atoms with E-state index in [2.05, 4.69) is 39.8 Å². The van der Waals surface area contributed by atoms with E-state index in [0.717, 1.165) is 36.4 Å². The van der Waals surface area contributed by atoms with Crippen molar-refractivity contribution in [2.45, 2.75) is 88.7 Å². The number of aliphatic hydroxyl groups excluding tert-OH is 2. The number of nitrogen functional groups attached to an aromatic ring is 1. The monoisotopic (exact) mass is 1020 g/mol. The molecular weight excluding hydrogens is 959 g/mol. The number of likely N-dealkylation sites (N-methyl/N-ethyl adjacent to an activating group) is 1. The molecule has 24 nitrogen and oxygen atoms in total. The maximum Gasteiger partial charge on any atom is 0.326 e. The van der Waals surface area contributed by atoms with Gasteiger partial charge in [0.1, 0.15) is 66.7 Å². The molecule has 2 aliphatic rings. The molecule has 0 saturated carbocycles. The number of carboxylic acid groups (broad SMARTS) is 1. The largest absolute Gasteiger partial charge is 0.504 e. The number of anilines is 1. The minimum absolute atomic E-state index is 0.00782. The van der Waals surface area contributed by atoms with Gasteiger partial charge in [0.2, 0.25) is 17.7 Å². The molecule has 0 spiro atoms. The van der Waals surface area contributed by atoms with Crippen molar-refractivity contribution >= 4 is 45.6 Å². The molecule has 16 N–H and O–H groups in total. The van der Waals surface area contributed by atoms with Crippen LogP contribution < -0.4 is 52.5 Å². The first-order valence-corrected chi connectivity index (χ1v) is 24.3. The van der Waals surface area contributed by atoms with Gasteiger partial charge in [0.15, 0.2) is 17.3 Å². The predicted molar refractivity (Wildman–Crippen MR) is 261 cm³/mol. The number of aryl methyl sites for hydroxylation is 2. The molecule has 0 saturated heterocycles. The zero-order chi connectivity index (χ0) is 53.0. The normalized spacial score (nSPS) is 18.8. The summed E-state index contributed by atoms with van der Waals surface area (Å²) in [6.45, 7) is 4.89. The van der Waals surface area contributed by atoms with Crippen molar-refractivity contribution in [2.75, 3.05) is 45.6 Å². The van der Waals surface area contributed by atoms with Gasteiger partial charge < -0.3 is 68.0 Å². The van der Waals surface area contributed by atoms with E-state index >= 15 is 0 Å². The summed E-state index contributed by atoms with van der Waals surface area (Å²) in [5.41, 5.74) is 20.6. The van der Waals surface area contributed by atoms with Crippen molar-refractivity contribution in [1.82, 2.24) is 35.5 Å². The number of aliphatic carboxylic acids is 1. The lowest BCUT2D eigenvalue weighted by Crippen LogP contribution is -2.57. The number of nitrogens with one attached hydrogen (secondary N) is 4. The molecule has 3 aromatic carbocycles. The Morgan fingerprint density at radius 3 is 2.24 bits per heavy atom. The van der Waals surface area contributed by atoms with E-state index in [0.29, 0.717) is 11.1 Å². The van der Waals surface area contributed by atoms with E-state index in [-0.39, 0.29) is 82.6 Å². The van der Waals surface area contributed by atoms with Crippen LogP contribution in [0.1, 0.15) is 71.5 Å². The van der Waals surface area contributed by atoms with Gasteiger partial charge in [-0.2, -0.15) is 13.1 Å². The molecule has 0 radical (unpaired) electrons. The number of aliphatic hydroxyl groups is 2. The fourth-order valence-electron chi connectivity index (χ4n) is 8.48. The van der Waals surface area contributed by atoms with Gasteiger partial charge in [-0.05, 0) is 84.7 Å². The number of carboxylic acids is 1. The molecule has 72 heavy (non-hydrogen) atoms. The number of phenols is 1. The van der Waals surface area contributed by atoms with E-state index in [1.807, 2.05) is 22.9 Å². The number of nitrogens with zero attached hydrogens (tertiary/aromatic N) is 3. The molecule has 6 atom stereocenters. The summed E-state index contributed by atoms with van der Waals surface area (Å²) in [5.74, 6) is -6.60. The van der Waals surface area contributed by atoms with E-state index in [4.69, 9.17) is 31.8 Å². The fraction of sp³-hybridized carbons (Fsp3) is 0.426. The molecule has 1 aliphatic heterocycles. The number of nitrogens with two attached hydrogens (primary N) is 4. The summed E-state index contributed by atoms with van der Waals surface area (Å²) in [6.07, 6.45) is -0.913. The van der Waals surface area contributed by atoms with Crippen LogP contribution in [0.2, 0.25) is 0 Å². The van der Waals surface area contributed by atoms with Crippen molar-refractivity contribution in [1.29, 1.82) is 0 Å². The number of amides is 4. The molecule has 4 amide bonds. The molecule has 4 bridgehead atoms. The SMILES string of the molecule is Cc1nc(-c2ccc3c(c2)CCC3(C)C)nc(N)c1C(=O)NC(CNS(N)(=O)=O)C(=O)N(C)[C@@H]1C(=O)N[C@@H](C)C(=O)N[C@H](C(=O)O)Cc2ccc(OCC(O)CN)c(c2)-c2cc1cc(OCC(O)CN)c2O. The number of phenolic OH excluding ortho intramolecular Hbond substituents is 1. The second-order valence-corrected chi connectivity index (χ2v) is 19.8. The molecule has 388 valence electrons. The molecule has 2 heterocycles. The Morgan fingerprint density at radius 1 is 0.944 bits per heavy atom. The highest BCUT2D eigenvalue weighted by Gasteiger charge is 2.38. The summed E-state index contributed by atoms with van der Waals surface area (Å²) in [5, 5.41) is 55.4. The average Bonchev–Trinajstić information content (AvgIpc) is 3.63. The second-order valence-electron chi connectivity index (χ2n) is 18.4. The van der Waals surface area contributed by atoms with Crippen molar-refractivity contribution in [3.8, 4) is 39.8 Å². The summed E-state index contributed by atoms with van der Waals surface area (Å²) in [7, 11) is -3.42. The first-order valence-electron chi connectivity index (χ1n) is 22.8. The van der Waals surface area contributed by atoms with Crippen LogP contribution in [-0.4, -0.2) is 144 Å². The highest BCUT2D eigenvalue weighted by molar-refractivity contribution is 7.87. The zero-order valence-corrected chi connectivity index (χ0v) is 41.1. The van der Waals surface area contributed by atoms with Crippen LogP contribution in [0.5, 0.6) is 17.2 Å². The van der Waals surface area contributed by atoms with Gasteiger partial charge in [-0.3, -0.25) is 19.2 Å². The maximum absolute atomic E-state index is 14.9. The van der Waals surface area contributed by atoms with Crippen LogP contribution in [0.15, 0.2) is 48.5 Å². The second kappa shape index (κ2) is 22.2. The first-order chi connectivity index (χ1) is 33.8. The van der Waals surface area contributed by atoms with E-state index in [9.17, 15) is 52.8 Å². The maximum atomic E-state index is 14.9. The molecule has 6 rings (SSSR count). The number of ether oxygens (including phenoxy) is 2. The summed E-state index contributed by atoms with van der Waals surface area (Å²) < 4.78 is 38.4. The number of aromatic hydroxyl groups is 1. The van der Waals surface area contributed by atoms with Crippen LogP contribution in [-0.2, 0) is 47.6 Å². The average molecular weight is 1020 g/mol. The summed E-state index contributed by atoms with van der Waals surface area (Å²) in [6, 6.07) is 5.87. The van der Waals surface area contributed by atoms with Crippen LogP contribution >= 0.6 is 0 Å². The Bertz CT molecular complexity index is 2840. The molecular formula is C47H61N11O13S. The number of fused-ring (bicyclic) bond motifs is 6. The lowest BCUT2D eigenvalue weighted by molar-refractivity contribution is -0.143. The summed E-state index contributed by atoms with van der Waals surface area (Å²) in [4.78, 5) is 79.7. The lowest BCUT2D eigenvalue weighted by atomic mass is 9.86. The Labute approximate surface area is 415 Å². The van der Waals surface area contributed by atoms with Gasteiger partial charge in [0.25, 0.3) is 16.1 Å². The minimum Gasteiger partial charge on any atom is -0.504 e. The summed E-state index contributed by atoms with van der Waals surface area (Å²) >= 11 is 0. The molecule has 0 fully saturated rings. The third kappa shape index (κ3) is 12.5. The number of benzene rings is 3. The zero-order valence-electron chi connectivity index (χ0n) is 40.3. The lowest BCUT2D eigenvalue weighted by Gasteiger charge is -2.33. The first kappa shape index (κ1) is 54.3. The Balaban J connectivity index is 1.47. The van der Waals surface area contributed by atoms with E-state index in [1.54, 1.807) is 0 Å². The fourth-order valence-corrected chi connectivity index (χ4v) is 8.88. The van der Waals surface area contributed by atoms with Crippen molar-refractivity contribution in [3.63, 3.8) is 0 Å². The van der Waals surface area contributed by atoms with Gasteiger partial charge in [-0.25, -0.2) is 19.9 Å². The number of hydrogen-bond donors (Lipinski definition) is 12. The number of carbonyl (C=O) groups excluding carboxylic acids is 4.